The Morgan fingerprint density at radius 3 is 2.65 bits per heavy atom. The predicted molar refractivity (Wildman–Crippen MR) is 84.3 cm³/mol. The van der Waals surface area contributed by atoms with Gasteiger partial charge in [-0.15, -0.1) is 0 Å². The molecule has 0 fully saturated rings. The van der Waals surface area contributed by atoms with Crippen molar-refractivity contribution in [3.8, 4) is 5.75 Å². The van der Waals surface area contributed by atoms with Crippen molar-refractivity contribution in [3.05, 3.63) is 59.7 Å². The molecule has 0 heterocycles. The minimum Gasteiger partial charge on any atom is -0.491 e. The standard InChI is InChI=1S/C17H22N2O/c1-14-6-5-8-16(12-14)19(2)10-11-20-17-9-4-3-7-15(17)13-18/h3-9,12H,10-11,13,18H2,1-2H3. The first-order valence-corrected chi connectivity index (χ1v) is 6.89. The van der Waals surface area contributed by atoms with E-state index in [-0.39, 0.29) is 0 Å². The number of aryl methyl sites for hydroxylation is 1. The zero-order chi connectivity index (χ0) is 14.4. The van der Waals surface area contributed by atoms with Gasteiger partial charge in [0.15, 0.2) is 0 Å². The predicted octanol–water partition coefficient (Wildman–Crippen LogP) is 2.97. The highest BCUT2D eigenvalue weighted by atomic mass is 16.5. The van der Waals surface area contributed by atoms with E-state index in [0.717, 1.165) is 17.9 Å². The van der Waals surface area contributed by atoms with Crippen molar-refractivity contribution < 1.29 is 4.74 Å². The van der Waals surface area contributed by atoms with Crippen LogP contribution < -0.4 is 15.4 Å². The number of nitrogens with two attached hydrogens (primary N) is 1. The summed E-state index contributed by atoms with van der Waals surface area (Å²) in [6, 6.07) is 16.4. The summed E-state index contributed by atoms with van der Waals surface area (Å²) in [6.45, 7) is 4.08. The highest BCUT2D eigenvalue weighted by Crippen LogP contribution is 2.18. The molecule has 0 spiro atoms. The molecule has 0 atom stereocenters. The molecule has 20 heavy (non-hydrogen) atoms. The van der Waals surface area contributed by atoms with E-state index in [9.17, 15) is 0 Å². The van der Waals surface area contributed by atoms with Gasteiger partial charge in [-0.25, -0.2) is 0 Å². The lowest BCUT2D eigenvalue weighted by molar-refractivity contribution is 0.322. The molecule has 0 bridgehead atoms. The largest absolute Gasteiger partial charge is 0.491 e. The Morgan fingerprint density at radius 2 is 1.90 bits per heavy atom. The van der Waals surface area contributed by atoms with Crippen LogP contribution in [0.4, 0.5) is 5.69 Å². The van der Waals surface area contributed by atoms with E-state index in [2.05, 4.69) is 43.1 Å². The highest BCUT2D eigenvalue weighted by Gasteiger charge is 2.03. The molecular weight excluding hydrogens is 248 g/mol. The summed E-state index contributed by atoms with van der Waals surface area (Å²) in [7, 11) is 2.08. The van der Waals surface area contributed by atoms with Crippen LogP contribution in [0, 0.1) is 6.92 Å². The summed E-state index contributed by atoms with van der Waals surface area (Å²) in [5.41, 5.74) is 9.22. The van der Waals surface area contributed by atoms with Crippen LogP contribution in [0.2, 0.25) is 0 Å². The Hall–Kier alpha value is -2.00. The fourth-order valence-corrected chi connectivity index (χ4v) is 2.10. The summed E-state index contributed by atoms with van der Waals surface area (Å²) >= 11 is 0. The third-order valence-corrected chi connectivity index (χ3v) is 3.32. The summed E-state index contributed by atoms with van der Waals surface area (Å²) < 4.78 is 5.83. The topological polar surface area (TPSA) is 38.5 Å². The molecule has 0 aliphatic heterocycles. The number of anilines is 1. The Morgan fingerprint density at radius 1 is 1.10 bits per heavy atom. The minimum atomic E-state index is 0.504. The van der Waals surface area contributed by atoms with E-state index in [1.54, 1.807) is 0 Å². The van der Waals surface area contributed by atoms with Crippen LogP contribution in [0.1, 0.15) is 11.1 Å². The van der Waals surface area contributed by atoms with Gasteiger partial charge in [-0.1, -0.05) is 30.3 Å². The second-order valence-electron chi connectivity index (χ2n) is 4.92. The maximum atomic E-state index is 5.83. The van der Waals surface area contributed by atoms with E-state index < -0.39 is 0 Å². The molecular formula is C17H22N2O. The number of benzene rings is 2. The Kier molecular flexibility index (Phi) is 5.02. The van der Waals surface area contributed by atoms with Crippen LogP contribution in [0.3, 0.4) is 0 Å². The molecule has 0 saturated carbocycles. The van der Waals surface area contributed by atoms with Crippen molar-refractivity contribution >= 4 is 5.69 Å². The van der Waals surface area contributed by atoms with Gasteiger partial charge in [-0.05, 0) is 30.7 Å². The van der Waals surface area contributed by atoms with Crippen LogP contribution in [0.5, 0.6) is 5.75 Å². The number of para-hydroxylation sites is 1. The minimum absolute atomic E-state index is 0.504. The first-order valence-electron chi connectivity index (χ1n) is 6.89. The molecule has 0 unspecified atom stereocenters. The number of likely N-dealkylation sites (N-methyl/N-ethyl adjacent to an activating group) is 1. The third-order valence-electron chi connectivity index (χ3n) is 3.32. The Labute approximate surface area is 121 Å². The SMILES string of the molecule is Cc1cccc(N(C)CCOc2ccccc2CN)c1. The summed E-state index contributed by atoms with van der Waals surface area (Å²) in [4.78, 5) is 2.19. The normalized spacial score (nSPS) is 10.3. The number of rotatable bonds is 6. The zero-order valence-electron chi connectivity index (χ0n) is 12.2. The fourth-order valence-electron chi connectivity index (χ4n) is 2.10. The van der Waals surface area contributed by atoms with Gasteiger partial charge in [0.2, 0.25) is 0 Å². The molecule has 2 N–H and O–H groups in total. The molecule has 0 aliphatic carbocycles. The molecule has 0 saturated heterocycles. The van der Waals surface area contributed by atoms with Crippen LogP contribution in [0.15, 0.2) is 48.5 Å². The average Bonchev–Trinajstić information content (AvgIpc) is 2.47. The van der Waals surface area contributed by atoms with Gasteiger partial charge in [0.05, 0.1) is 6.54 Å². The molecule has 106 valence electrons. The second-order valence-corrected chi connectivity index (χ2v) is 4.92. The van der Waals surface area contributed by atoms with Crippen LogP contribution in [0.25, 0.3) is 0 Å². The fraction of sp³-hybridized carbons (Fsp3) is 0.294. The number of nitrogens with zero attached hydrogens (tertiary/aromatic N) is 1. The lowest BCUT2D eigenvalue weighted by Crippen LogP contribution is -2.24. The number of hydrogen-bond acceptors (Lipinski definition) is 3. The molecule has 0 aromatic heterocycles. The van der Waals surface area contributed by atoms with E-state index in [1.807, 2.05) is 24.3 Å². The van der Waals surface area contributed by atoms with Crippen molar-refractivity contribution in [3.63, 3.8) is 0 Å². The van der Waals surface area contributed by atoms with Gasteiger partial charge >= 0.3 is 0 Å². The van der Waals surface area contributed by atoms with Crippen LogP contribution in [-0.4, -0.2) is 20.2 Å². The van der Waals surface area contributed by atoms with Crippen molar-refractivity contribution in [1.82, 2.24) is 0 Å². The van der Waals surface area contributed by atoms with Crippen molar-refractivity contribution in [2.75, 3.05) is 25.1 Å². The van der Waals surface area contributed by atoms with Crippen LogP contribution >= 0.6 is 0 Å². The molecule has 2 aromatic carbocycles. The molecule has 2 aromatic rings. The van der Waals surface area contributed by atoms with E-state index in [1.165, 1.54) is 11.3 Å². The van der Waals surface area contributed by atoms with Gasteiger partial charge in [0, 0.05) is 24.8 Å². The molecule has 0 radical (unpaired) electrons. The summed E-state index contributed by atoms with van der Waals surface area (Å²) in [5.74, 6) is 0.882. The second kappa shape index (κ2) is 6.96. The van der Waals surface area contributed by atoms with Crippen molar-refractivity contribution in [2.24, 2.45) is 5.73 Å². The van der Waals surface area contributed by atoms with E-state index >= 15 is 0 Å². The Bertz CT molecular complexity index is 554. The van der Waals surface area contributed by atoms with Gasteiger partial charge in [-0.3, -0.25) is 0 Å². The van der Waals surface area contributed by atoms with Crippen LogP contribution in [-0.2, 0) is 6.54 Å². The van der Waals surface area contributed by atoms with E-state index in [4.69, 9.17) is 10.5 Å². The molecule has 3 heteroatoms. The first kappa shape index (κ1) is 14.4. The van der Waals surface area contributed by atoms with E-state index in [0.29, 0.717) is 13.2 Å². The quantitative estimate of drug-likeness (QED) is 0.877. The average molecular weight is 270 g/mol. The van der Waals surface area contributed by atoms with Gasteiger partial charge in [-0.2, -0.15) is 0 Å². The van der Waals surface area contributed by atoms with Gasteiger partial charge in [0.1, 0.15) is 12.4 Å². The first-order chi connectivity index (χ1) is 9.70. The number of ether oxygens (including phenoxy) is 1. The Balaban J connectivity index is 1.89. The molecule has 3 nitrogen and oxygen atoms in total. The molecule has 2 rings (SSSR count). The third kappa shape index (κ3) is 3.75. The molecule has 0 aliphatic rings. The monoisotopic (exact) mass is 270 g/mol. The lowest BCUT2D eigenvalue weighted by Gasteiger charge is -2.20. The van der Waals surface area contributed by atoms with Gasteiger partial charge < -0.3 is 15.4 Å². The maximum Gasteiger partial charge on any atom is 0.123 e. The maximum absolute atomic E-state index is 5.83. The van der Waals surface area contributed by atoms with Gasteiger partial charge in [0.25, 0.3) is 0 Å². The lowest BCUT2D eigenvalue weighted by atomic mass is 10.2. The molecule has 0 amide bonds. The summed E-state index contributed by atoms with van der Waals surface area (Å²) in [5, 5.41) is 0. The summed E-state index contributed by atoms with van der Waals surface area (Å²) in [6.07, 6.45) is 0. The smallest absolute Gasteiger partial charge is 0.123 e. The van der Waals surface area contributed by atoms with Crippen molar-refractivity contribution in [1.29, 1.82) is 0 Å². The number of hydrogen-bond donors (Lipinski definition) is 1. The zero-order valence-corrected chi connectivity index (χ0v) is 12.2. The highest BCUT2D eigenvalue weighted by molar-refractivity contribution is 5.47. The van der Waals surface area contributed by atoms with Crippen molar-refractivity contribution in [2.45, 2.75) is 13.5 Å².